The van der Waals surface area contributed by atoms with Crippen molar-refractivity contribution in [3.8, 4) is 11.5 Å². The van der Waals surface area contributed by atoms with Gasteiger partial charge >= 0.3 is 0 Å². The Labute approximate surface area is 226 Å². The first-order valence-corrected chi connectivity index (χ1v) is 14.9. The number of fused-ring (bicyclic) bond motifs is 1. The molecule has 1 aliphatic heterocycles. The highest BCUT2D eigenvalue weighted by Gasteiger charge is 2.37. The largest absolute Gasteiger partial charge is 0.497 e. The van der Waals surface area contributed by atoms with Crippen LogP contribution in [0, 0.1) is 5.92 Å². The summed E-state index contributed by atoms with van der Waals surface area (Å²) in [6.45, 7) is 0.914. The second-order valence-corrected chi connectivity index (χ2v) is 12.7. The highest BCUT2D eigenvalue weighted by Crippen LogP contribution is 2.35. The van der Waals surface area contributed by atoms with Crippen molar-refractivity contribution < 1.29 is 22.7 Å². The lowest BCUT2D eigenvalue weighted by Gasteiger charge is -2.37. The Bertz CT molecular complexity index is 1340. The second kappa shape index (κ2) is 11.0. The lowest BCUT2D eigenvalue weighted by Crippen LogP contribution is -2.48. The Morgan fingerprint density at radius 1 is 1.08 bits per heavy atom. The number of amides is 1. The van der Waals surface area contributed by atoms with E-state index >= 15 is 0 Å². The monoisotopic (exact) mass is 560 g/mol. The third-order valence-corrected chi connectivity index (χ3v) is 9.88. The molecule has 0 bridgehead atoms. The lowest BCUT2D eigenvalue weighted by molar-refractivity contribution is -0.135. The number of hydrogen-bond acceptors (Lipinski definition) is 6. The van der Waals surface area contributed by atoms with Gasteiger partial charge in [0, 0.05) is 23.0 Å². The van der Waals surface area contributed by atoms with Crippen LogP contribution in [0.5, 0.6) is 11.5 Å². The zero-order valence-electron chi connectivity index (χ0n) is 20.5. The molecular weight excluding hydrogens is 532 g/mol. The molecule has 2 aliphatic rings. The minimum Gasteiger partial charge on any atom is -0.497 e. The summed E-state index contributed by atoms with van der Waals surface area (Å²) < 4.78 is 39.7. The van der Waals surface area contributed by atoms with Crippen LogP contribution in [0.4, 0.5) is 0 Å². The maximum atomic E-state index is 13.7. The molecule has 10 heteroatoms. The molecule has 1 amide bonds. The fraction of sp³-hybridized carbons (Fsp3) is 0.370. The molecular formula is C27H29ClN2O5S2. The summed E-state index contributed by atoms with van der Waals surface area (Å²) in [5.74, 6) is 1.30. The van der Waals surface area contributed by atoms with Gasteiger partial charge in [0.1, 0.15) is 18.1 Å². The van der Waals surface area contributed by atoms with Crippen LogP contribution in [0.2, 0.25) is 5.02 Å². The van der Waals surface area contributed by atoms with Crippen LogP contribution in [0.15, 0.2) is 64.9 Å². The van der Waals surface area contributed by atoms with E-state index < -0.39 is 10.0 Å². The number of carbonyl (C=O) groups is 1. The number of methoxy groups -OCH3 is 1. The van der Waals surface area contributed by atoms with Crippen molar-refractivity contribution >= 4 is 38.9 Å². The van der Waals surface area contributed by atoms with Crippen LogP contribution in [-0.2, 0) is 21.2 Å². The normalized spacial score (nSPS) is 17.5. The molecule has 0 saturated heterocycles. The maximum absolute atomic E-state index is 13.7. The molecule has 2 aromatic carbocycles. The van der Waals surface area contributed by atoms with Crippen molar-refractivity contribution in [3.63, 3.8) is 0 Å². The van der Waals surface area contributed by atoms with Crippen molar-refractivity contribution in [2.45, 2.75) is 30.2 Å². The Kier molecular flexibility index (Phi) is 7.76. The Balaban J connectivity index is 1.36. The molecule has 5 rings (SSSR count). The van der Waals surface area contributed by atoms with E-state index in [0.717, 1.165) is 24.8 Å². The number of nitrogens with zero attached hydrogens (tertiary/aromatic N) is 2. The third-order valence-electron chi connectivity index (χ3n) is 6.80. The van der Waals surface area contributed by atoms with E-state index in [-0.39, 0.29) is 35.9 Å². The average molecular weight is 561 g/mol. The van der Waals surface area contributed by atoms with Crippen LogP contribution in [0.25, 0.3) is 0 Å². The van der Waals surface area contributed by atoms with E-state index in [4.69, 9.17) is 21.1 Å². The molecule has 37 heavy (non-hydrogen) atoms. The number of rotatable bonds is 10. The molecule has 0 N–H and O–H groups in total. The van der Waals surface area contributed by atoms with Gasteiger partial charge in [-0.15, -0.1) is 11.3 Å². The molecule has 1 fully saturated rings. The molecule has 1 saturated carbocycles. The van der Waals surface area contributed by atoms with E-state index in [9.17, 15) is 13.2 Å². The zero-order valence-corrected chi connectivity index (χ0v) is 22.9. The van der Waals surface area contributed by atoms with Gasteiger partial charge in [-0.2, -0.15) is 4.31 Å². The van der Waals surface area contributed by atoms with Gasteiger partial charge in [-0.25, -0.2) is 8.42 Å². The van der Waals surface area contributed by atoms with Crippen molar-refractivity contribution in [1.82, 2.24) is 9.21 Å². The van der Waals surface area contributed by atoms with Crippen LogP contribution in [-0.4, -0.2) is 56.9 Å². The summed E-state index contributed by atoms with van der Waals surface area (Å²) in [4.78, 5) is 16.9. The Morgan fingerprint density at radius 2 is 1.78 bits per heavy atom. The number of halogens is 1. The minimum absolute atomic E-state index is 0.156. The predicted molar refractivity (Wildman–Crippen MR) is 144 cm³/mol. The van der Waals surface area contributed by atoms with Crippen LogP contribution in [0.3, 0.4) is 0 Å². The molecule has 1 aromatic heterocycles. The first kappa shape index (κ1) is 26.0. The predicted octanol–water partition coefficient (Wildman–Crippen LogP) is 5.02. The van der Waals surface area contributed by atoms with Gasteiger partial charge in [0.2, 0.25) is 15.9 Å². The van der Waals surface area contributed by atoms with Crippen LogP contribution >= 0.6 is 22.9 Å². The Morgan fingerprint density at radius 3 is 2.46 bits per heavy atom. The van der Waals surface area contributed by atoms with Gasteiger partial charge in [-0.1, -0.05) is 11.6 Å². The van der Waals surface area contributed by atoms with Crippen molar-refractivity contribution in [2.75, 3.05) is 33.4 Å². The molecule has 3 aromatic rings. The van der Waals surface area contributed by atoms with E-state index in [1.807, 2.05) is 11.4 Å². The third kappa shape index (κ3) is 5.95. The fourth-order valence-corrected chi connectivity index (χ4v) is 7.07. The number of benzene rings is 2. The molecule has 7 nitrogen and oxygen atoms in total. The van der Waals surface area contributed by atoms with Gasteiger partial charge in [-0.3, -0.25) is 4.79 Å². The summed E-state index contributed by atoms with van der Waals surface area (Å²) in [6, 6.07) is 15.1. The van der Waals surface area contributed by atoms with Crippen LogP contribution in [0.1, 0.15) is 29.3 Å². The molecule has 1 atom stereocenters. The summed E-state index contributed by atoms with van der Waals surface area (Å²) in [7, 11) is -2.32. The Hall–Kier alpha value is -2.59. The summed E-state index contributed by atoms with van der Waals surface area (Å²) in [5.41, 5.74) is 1.06. The fourth-order valence-electron chi connectivity index (χ4n) is 4.56. The lowest BCUT2D eigenvalue weighted by atomic mass is 10.0. The minimum atomic E-state index is -3.85. The average Bonchev–Trinajstić information content (AvgIpc) is 3.60. The molecule has 196 valence electrons. The van der Waals surface area contributed by atoms with E-state index in [0.29, 0.717) is 29.6 Å². The molecule has 0 spiro atoms. The molecule has 1 aliphatic carbocycles. The van der Waals surface area contributed by atoms with Gasteiger partial charge in [-0.05, 0) is 90.7 Å². The van der Waals surface area contributed by atoms with E-state index in [1.165, 1.54) is 28.4 Å². The summed E-state index contributed by atoms with van der Waals surface area (Å²) in [6.07, 6.45) is 2.69. The molecule has 0 unspecified atom stereocenters. The highest BCUT2D eigenvalue weighted by molar-refractivity contribution is 7.89. The van der Waals surface area contributed by atoms with Gasteiger partial charge < -0.3 is 14.4 Å². The van der Waals surface area contributed by atoms with Crippen molar-refractivity contribution in [2.24, 2.45) is 5.92 Å². The number of carbonyl (C=O) groups excluding carboxylic acids is 1. The number of thiophene rings is 1. The quantitative estimate of drug-likeness (QED) is 0.348. The second-order valence-electron chi connectivity index (χ2n) is 9.33. The highest BCUT2D eigenvalue weighted by atomic mass is 35.5. The van der Waals surface area contributed by atoms with Gasteiger partial charge in [0.25, 0.3) is 0 Å². The first-order chi connectivity index (χ1) is 17.8. The van der Waals surface area contributed by atoms with Crippen molar-refractivity contribution in [3.05, 3.63) is 75.4 Å². The molecule has 2 heterocycles. The number of ether oxygens (including phenoxy) is 2. The van der Waals surface area contributed by atoms with E-state index in [2.05, 4.69) is 0 Å². The molecule has 0 radical (unpaired) electrons. The first-order valence-electron chi connectivity index (χ1n) is 12.2. The zero-order chi connectivity index (χ0) is 26.0. The summed E-state index contributed by atoms with van der Waals surface area (Å²) in [5, 5.41) is 2.65. The van der Waals surface area contributed by atoms with Gasteiger partial charge in [0.05, 0.1) is 24.6 Å². The van der Waals surface area contributed by atoms with Crippen molar-refractivity contribution in [1.29, 1.82) is 0 Å². The van der Waals surface area contributed by atoms with E-state index in [1.54, 1.807) is 52.6 Å². The smallest absolute Gasteiger partial charge is 0.243 e. The topological polar surface area (TPSA) is 76.2 Å². The number of hydrogen-bond donors (Lipinski definition) is 0. The maximum Gasteiger partial charge on any atom is 0.243 e. The SMILES string of the molecule is COc1ccc(S(=O)(=O)N(CC(=O)N2CCc3sccc3[C@H]2COc2ccc(Cl)cc2)CC2CC2)cc1. The standard InChI is InChI=1S/C27H29ClN2O5S2/c1-34-21-8-10-23(11-9-21)37(32,33)29(16-19-2-3-19)17-27(31)30-14-12-26-24(13-15-36-26)25(30)18-35-22-6-4-20(28)5-7-22/h4-11,13,15,19,25H,2-3,12,14,16-18H2,1H3/t25-/m1/s1. The summed E-state index contributed by atoms with van der Waals surface area (Å²) >= 11 is 7.67. The van der Waals surface area contributed by atoms with Crippen LogP contribution < -0.4 is 9.47 Å². The van der Waals surface area contributed by atoms with Gasteiger partial charge in [0.15, 0.2) is 0 Å². The number of sulfonamides is 1.